The fourth-order valence-electron chi connectivity index (χ4n) is 1.79. The van der Waals surface area contributed by atoms with Crippen LogP contribution in [0.1, 0.15) is 38.3 Å². The lowest BCUT2D eigenvalue weighted by Gasteiger charge is -2.35. The van der Waals surface area contributed by atoms with Crippen LogP contribution in [0.4, 0.5) is 0 Å². The number of hydrogen-bond donors (Lipinski definition) is 1. The molecule has 0 aliphatic rings. The van der Waals surface area contributed by atoms with Crippen molar-refractivity contribution in [2.75, 3.05) is 6.54 Å². The van der Waals surface area contributed by atoms with Gasteiger partial charge < -0.3 is 5.11 Å². The van der Waals surface area contributed by atoms with Crippen LogP contribution < -0.4 is 0 Å². The van der Waals surface area contributed by atoms with Crippen molar-refractivity contribution in [2.45, 2.75) is 39.3 Å². The van der Waals surface area contributed by atoms with Gasteiger partial charge in [0.2, 0.25) is 0 Å². The summed E-state index contributed by atoms with van der Waals surface area (Å²) in [5.41, 5.74) is 1.62. The predicted octanol–water partition coefficient (Wildman–Crippen LogP) is 2.63. The molecule has 0 aliphatic carbocycles. The van der Waals surface area contributed by atoms with Crippen LogP contribution in [0.2, 0.25) is 0 Å². The number of carboxylic acids is 1. The highest BCUT2D eigenvalue weighted by atomic mass is 16.4. The Morgan fingerprint density at radius 3 is 2.32 bits per heavy atom. The second-order valence-corrected chi connectivity index (χ2v) is 5.54. The monoisotopic (exact) mass is 260 g/mol. The van der Waals surface area contributed by atoms with Gasteiger partial charge in [0.25, 0.3) is 0 Å². The van der Waals surface area contributed by atoms with Gasteiger partial charge in [-0.05, 0) is 38.5 Å². The van der Waals surface area contributed by atoms with Gasteiger partial charge in [0.15, 0.2) is 0 Å². The lowest BCUT2D eigenvalue weighted by molar-refractivity contribution is -0.137. The first-order valence-electron chi connectivity index (χ1n) is 6.29. The summed E-state index contributed by atoms with van der Waals surface area (Å²) in [5.74, 6) is -0.783. The molecule has 1 rings (SSSR count). The SMILES string of the molecule is CC(C)(C)N(CCC(=O)O)Cc1ccc(C#N)cc1. The van der Waals surface area contributed by atoms with Gasteiger partial charge in [-0.15, -0.1) is 0 Å². The third kappa shape index (κ3) is 5.11. The lowest BCUT2D eigenvalue weighted by Crippen LogP contribution is -2.41. The van der Waals surface area contributed by atoms with Crippen molar-refractivity contribution in [3.63, 3.8) is 0 Å². The number of aliphatic carboxylic acids is 1. The summed E-state index contributed by atoms with van der Waals surface area (Å²) in [6.45, 7) is 7.40. The van der Waals surface area contributed by atoms with Gasteiger partial charge >= 0.3 is 5.97 Å². The van der Waals surface area contributed by atoms with E-state index in [0.717, 1.165) is 5.56 Å². The van der Waals surface area contributed by atoms with Crippen LogP contribution in [0, 0.1) is 11.3 Å². The largest absolute Gasteiger partial charge is 0.481 e. The normalized spacial score (nSPS) is 11.3. The van der Waals surface area contributed by atoms with Crippen LogP contribution in [-0.2, 0) is 11.3 Å². The Bertz CT molecular complexity index is 466. The molecule has 0 saturated heterocycles. The van der Waals surface area contributed by atoms with Crippen LogP contribution in [-0.4, -0.2) is 28.1 Å². The van der Waals surface area contributed by atoms with E-state index in [-0.39, 0.29) is 12.0 Å². The van der Waals surface area contributed by atoms with Crippen molar-refractivity contribution in [2.24, 2.45) is 0 Å². The third-order valence-corrected chi connectivity index (χ3v) is 3.00. The second kappa shape index (κ2) is 6.35. The van der Waals surface area contributed by atoms with Crippen LogP contribution in [0.5, 0.6) is 0 Å². The molecule has 4 heteroatoms. The fourth-order valence-corrected chi connectivity index (χ4v) is 1.79. The summed E-state index contributed by atoms with van der Waals surface area (Å²) in [4.78, 5) is 12.8. The molecule has 1 N–H and O–H groups in total. The lowest BCUT2D eigenvalue weighted by atomic mass is 10.0. The number of rotatable bonds is 5. The van der Waals surface area contributed by atoms with E-state index in [9.17, 15) is 4.79 Å². The zero-order chi connectivity index (χ0) is 14.5. The van der Waals surface area contributed by atoms with Crippen LogP contribution >= 0.6 is 0 Å². The highest BCUT2D eigenvalue weighted by molar-refractivity contribution is 5.66. The zero-order valence-corrected chi connectivity index (χ0v) is 11.7. The maximum absolute atomic E-state index is 10.7. The molecule has 0 fully saturated rings. The summed E-state index contributed by atoms with van der Waals surface area (Å²) >= 11 is 0. The summed E-state index contributed by atoms with van der Waals surface area (Å²) in [6.07, 6.45) is 0.132. The number of nitriles is 1. The maximum Gasteiger partial charge on any atom is 0.304 e. The Morgan fingerprint density at radius 2 is 1.89 bits per heavy atom. The topological polar surface area (TPSA) is 64.3 Å². The van der Waals surface area contributed by atoms with Gasteiger partial charge in [-0.3, -0.25) is 9.69 Å². The predicted molar refractivity (Wildman–Crippen MR) is 73.6 cm³/mol. The molecule has 0 radical (unpaired) electrons. The molecule has 0 heterocycles. The molecule has 1 aromatic rings. The highest BCUT2D eigenvalue weighted by Gasteiger charge is 2.21. The average molecular weight is 260 g/mol. The first-order valence-corrected chi connectivity index (χ1v) is 6.29. The minimum absolute atomic E-state index is 0.0939. The Morgan fingerprint density at radius 1 is 1.32 bits per heavy atom. The van der Waals surface area contributed by atoms with Gasteiger partial charge in [-0.25, -0.2) is 0 Å². The molecule has 102 valence electrons. The summed E-state index contributed by atoms with van der Waals surface area (Å²) < 4.78 is 0. The van der Waals surface area contributed by atoms with E-state index in [4.69, 9.17) is 10.4 Å². The standard InChI is InChI=1S/C15H20N2O2/c1-15(2,3)17(9-8-14(18)19)11-13-6-4-12(10-16)5-7-13/h4-7H,8-9,11H2,1-3H3,(H,18,19). The third-order valence-electron chi connectivity index (χ3n) is 3.00. The number of carbonyl (C=O) groups is 1. The molecule has 0 spiro atoms. The summed E-state index contributed by atoms with van der Waals surface area (Å²) in [7, 11) is 0. The smallest absolute Gasteiger partial charge is 0.304 e. The van der Waals surface area contributed by atoms with E-state index >= 15 is 0 Å². The average Bonchev–Trinajstić information content (AvgIpc) is 2.33. The van der Waals surface area contributed by atoms with Crippen LogP contribution in [0.3, 0.4) is 0 Å². The van der Waals surface area contributed by atoms with Crippen LogP contribution in [0.25, 0.3) is 0 Å². The molecule has 0 unspecified atom stereocenters. The van der Waals surface area contributed by atoms with Gasteiger partial charge in [-0.2, -0.15) is 5.26 Å². The second-order valence-electron chi connectivity index (χ2n) is 5.54. The van der Waals surface area contributed by atoms with E-state index in [2.05, 4.69) is 31.7 Å². The van der Waals surface area contributed by atoms with Crippen LogP contribution in [0.15, 0.2) is 24.3 Å². The van der Waals surface area contributed by atoms with Crippen molar-refractivity contribution in [3.05, 3.63) is 35.4 Å². The molecule has 0 saturated carbocycles. The molecule has 0 aromatic heterocycles. The Kier molecular flexibility index (Phi) is 5.08. The molecular weight excluding hydrogens is 240 g/mol. The fraction of sp³-hybridized carbons (Fsp3) is 0.467. The molecule has 0 aliphatic heterocycles. The molecular formula is C15H20N2O2. The zero-order valence-electron chi connectivity index (χ0n) is 11.7. The summed E-state index contributed by atoms with van der Waals surface area (Å²) in [5, 5.41) is 17.6. The molecule has 19 heavy (non-hydrogen) atoms. The van der Waals surface area contributed by atoms with Gasteiger partial charge in [0.1, 0.15) is 0 Å². The Balaban J connectivity index is 2.76. The minimum Gasteiger partial charge on any atom is -0.481 e. The van der Waals surface area contributed by atoms with E-state index in [1.54, 1.807) is 12.1 Å². The molecule has 4 nitrogen and oxygen atoms in total. The van der Waals surface area contributed by atoms with E-state index in [1.165, 1.54) is 0 Å². The molecule has 0 atom stereocenters. The first-order chi connectivity index (χ1) is 8.82. The van der Waals surface area contributed by atoms with Gasteiger partial charge in [0, 0.05) is 18.6 Å². The van der Waals surface area contributed by atoms with Crippen molar-refractivity contribution in [3.8, 4) is 6.07 Å². The van der Waals surface area contributed by atoms with Gasteiger partial charge in [0.05, 0.1) is 18.1 Å². The van der Waals surface area contributed by atoms with E-state index in [0.29, 0.717) is 18.7 Å². The van der Waals surface area contributed by atoms with E-state index < -0.39 is 5.97 Å². The number of carboxylic acid groups (broad SMARTS) is 1. The van der Waals surface area contributed by atoms with Crippen molar-refractivity contribution < 1.29 is 9.90 Å². The van der Waals surface area contributed by atoms with E-state index in [1.807, 2.05) is 12.1 Å². The van der Waals surface area contributed by atoms with Gasteiger partial charge in [-0.1, -0.05) is 12.1 Å². The van der Waals surface area contributed by atoms with Crippen molar-refractivity contribution in [1.82, 2.24) is 4.90 Å². The van der Waals surface area contributed by atoms with Crippen molar-refractivity contribution in [1.29, 1.82) is 5.26 Å². The Labute approximate surface area is 114 Å². The molecule has 0 amide bonds. The molecule has 0 bridgehead atoms. The summed E-state index contributed by atoms with van der Waals surface area (Å²) in [6, 6.07) is 9.49. The number of hydrogen-bond acceptors (Lipinski definition) is 3. The Hall–Kier alpha value is -1.86. The van der Waals surface area contributed by atoms with Crippen molar-refractivity contribution >= 4 is 5.97 Å². The highest BCUT2D eigenvalue weighted by Crippen LogP contribution is 2.18. The number of benzene rings is 1. The molecule has 1 aromatic carbocycles. The quantitative estimate of drug-likeness (QED) is 0.884. The number of nitrogens with zero attached hydrogens (tertiary/aromatic N) is 2. The maximum atomic E-state index is 10.7. The minimum atomic E-state index is -0.783. The first kappa shape index (κ1) is 15.2.